The summed E-state index contributed by atoms with van der Waals surface area (Å²) in [4.78, 5) is 13.9. The Hall–Kier alpha value is -1.61. The molecule has 0 unspecified atom stereocenters. The highest BCUT2D eigenvalue weighted by molar-refractivity contribution is 6.04. The van der Waals surface area contributed by atoms with Crippen LogP contribution in [0.3, 0.4) is 0 Å². The van der Waals surface area contributed by atoms with Crippen LogP contribution < -0.4 is 4.90 Å². The Bertz CT molecular complexity index is 403. The summed E-state index contributed by atoms with van der Waals surface area (Å²) in [6, 6.07) is 7.77. The van der Waals surface area contributed by atoms with Crippen molar-refractivity contribution in [2.24, 2.45) is 0 Å². The number of hydrogen-bond donors (Lipinski definition) is 0. The molecule has 0 saturated carbocycles. The summed E-state index contributed by atoms with van der Waals surface area (Å²) in [5.41, 5.74) is 1.89. The minimum absolute atomic E-state index is 0.0565. The van der Waals surface area contributed by atoms with Gasteiger partial charge >= 0.3 is 0 Å². The smallest absolute Gasteiger partial charge is 0.185 e. The van der Waals surface area contributed by atoms with Gasteiger partial charge in [-0.25, -0.2) is 0 Å². The molecular weight excluding hydrogens is 214 g/mol. The van der Waals surface area contributed by atoms with Crippen LogP contribution in [0.4, 0.5) is 5.69 Å². The van der Waals surface area contributed by atoms with Crippen molar-refractivity contribution < 1.29 is 9.53 Å². The van der Waals surface area contributed by atoms with Crippen LogP contribution in [0.5, 0.6) is 0 Å². The Morgan fingerprint density at radius 3 is 2.47 bits per heavy atom. The van der Waals surface area contributed by atoms with Gasteiger partial charge in [0.05, 0.1) is 13.2 Å². The first-order valence-corrected chi connectivity index (χ1v) is 5.91. The highest BCUT2D eigenvalue weighted by Gasteiger charge is 2.11. The molecule has 1 aliphatic rings. The fraction of sp³-hybridized carbons (Fsp3) is 0.357. The van der Waals surface area contributed by atoms with E-state index in [1.54, 1.807) is 12.2 Å². The average molecular weight is 231 g/mol. The Balaban J connectivity index is 2.09. The molecule has 1 saturated heterocycles. The lowest BCUT2D eigenvalue weighted by molar-refractivity contribution is 0.104. The zero-order valence-corrected chi connectivity index (χ0v) is 10.1. The topological polar surface area (TPSA) is 29.5 Å². The van der Waals surface area contributed by atoms with Crippen LogP contribution in [0.25, 0.3) is 0 Å². The molecule has 1 aliphatic heterocycles. The number of anilines is 1. The maximum atomic E-state index is 11.6. The van der Waals surface area contributed by atoms with Crippen molar-refractivity contribution in [3.63, 3.8) is 0 Å². The summed E-state index contributed by atoms with van der Waals surface area (Å²) in [7, 11) is 0. The van der Waals surface area contributed by atoms with Crippen LogP contribution in [0.15, 0.2) is 36.4 Å². The van der Waals surface area contributed by atoms with E-state index in [0.29, 0.717) is 0 Å². The van der Waals surface area contributed by atoms with E-state index < -0.39 is 0 Å². The minimum Gasteiger partial charge on any atom is -0.378 e. The molecular formula is C14H17NO2. The molecule has 1 aromatic carbocycles. The zero-order chi connectivity index (χ0) is 12.1. The van der Waals surface area contributed by atoms with Crippen molar-refractivity contribution >= 4 is 11.5 Å². The van der Waals surface area contributed by atoms with Gasteiger partial charge in [-0.2, -0.15) is 0 Å². The summed E-state index contributed by atoms with van der Waals surface area (Å²) in [6.07, 6.45) is 3.35. The van der Waals surface area contributed by atoms with E-state index in [9.17, 15) is 4.79 Å². The predicted octanol–water partition coefficient (Wildman–Crippen LogP) is 2.28. The molecule has 0 radical (unpaired) electrons. The van der Waals surface area contributed by atoms with Gasteiger partial charge in [0.2, 0.25) is 0 Å². The number of rotatable bonds is 3. The number of nitrogens with zero attached hydrogens (tertiary/aromatic N) is 1. The highest BCUT2D eigenvalue weighted by atomic mass is 16.5. The lowest BCUT2D eigenvalue weighted by Gasteiger charge is -2.28. The molecule has 1 heterocycles. The SMILES string of the molecule is C/C=C/C(=O)c1ccc(N2CCOCC2)cc1. The van der Waals surface area contributed by atoms with Gasteiger partial charge in [-0.3, -0.25) is 4.79 Å². The Morgan fingerprint density at radius 2 is 1.88 bits per heavy atom. The van der Waals surface area contributed by atoms with Crippen molar-refractivity contribution in [3.05, 3.63) is 42.0 Å². The van der Waals surface area contributed by atoms with E-state index in [1.807, 2.05) is 31.2 Å². The minimum atomic E-state index is 0.0565. The van der Waals surface area contributed by atoms with Crippen LogP contribution in [0, 0.1) is 0 Å². The monoisotopic (exact) mass is 231 g/mol. The molecule has 0 aliphatic carbocycles. The van der Waals surface area contributed by atoms with Gasteiger partial charge in [0, 0.05) is 24.3 Å². The van der Waals surface area contributed by atoms with Crippen LogP contribution >= 0.6 is 0 Å². The van der Waals surface area contributed by atoms with E-state index in [2.05, 4.69) is 4.90 Å². The summed E-state index contributed by atoms with van der Waals surface area (Å²) in [5, 5.41) is 0. The molecule has 1 aromatic rings. The second-order valence-electron chi connectivity index (χ2n) is 4.01. The first-order valence-electron chi connectivity index (χ1n) is 5.91. The van der Waals surface area contributed by atoms with Gasteiger partial charge in [-0.15, -0.1) is 0 Å². The van der Waals surface area contributed by atoms with Crippen molar-refractivity contribution in [2.45, 2.75) is 6.92 Å². The molecule has 17 heavy (non-hydrogen) atoms. The molecule has 90 valence electrons. The lowest BCUT2D eigenvalue weighted by Crippen LogP contribution is -2.36. The van der Waals surface area contributed by atoms with Gasteiger partial charge in [-0.1, -0.05) is 6.08 Å². The number of morpholine rings is 1. The van der Waals surface area contributed by atoms with E-state index >= 15 is 0 Å². The molecule has 2 rings (SSSR count). The fourth-order valence-corrected chi connectivity index (χ4v) is 1.91. The number of carbonyl (C=O) groups is 1. The molecule has 0 atom stereocenters. The summed E-state index contributed by atoms with van der Waals surface area (Å²) in [5.74, 6) is 0.0565. The summed E-state index contributed by atoms with van der Waals surface area (Å²) >= 11 is 0. The molecule has 0 N–H and O–H groups in total. The van der Waals surface area contributed by atoms with E-state index in [1.165, 1.54) is 0 Å². The highest BCUT2D eigenvalue weighted by Crippen LogP contribution is 2.17. The molecule has 0 spiro atoms. The molecule has 3 heteroatoms. The van der Waals surface area contributed by atoms with Gasteiger partial charge in [-0.05, 0) is 37.3 Å². The Kier molecular flexibility index (Phi) is 3.94. The third-order valence-corrected chi connectivity index (χ3v) is 2.85. The van der Waals surface area contributed by atoms with Gasteiger partial charge < -0.3 is 9.64 Å². The van der Waals surface area contributed by atoms with Crippen molar-refractivity contribution in [1.82, 2.24) is 0 Å². The first kappa shape index (κ1) is 11.9. The molecule has 3 nitrogen and oxygen atoms in total. The van der Waals surface area contributed by atoms with E-state index in [4.69, 9.17) is 4.74 Å². The Labute approximate surface area is 102 Å². The molecule has 0 bridgehead atoms. The Morgan fingerprint density at radius 1 is 1.24 bits per heavy atom. The second-order valence-corrected chi connectivity index (χ2v) is 4.01. The fourth-order valence-electron chi connectivity index (χ4n) is 1.91. The van der Waals surface area contributed by atoms with Crippen LogP contribution in [-0.4, -0.2) is 32.1 Å². The normalized spacial score (nSPS) is 16.4. The van der Waals surface area contributed by atoms with E-state index in [-0.39, 0.29) is 5.78 Å². The number of ether oxygens (including phenoxy) is 1. The number of ketones is 1. The second kappa shape index (κ2) is 5.64. The third-order valence-electron chi connectivity index (χ3n) is 2.85. The van der Waals surface area contributed by atoms with Crippen molar-refractivity contribution in [3.8, 4) is 0 Å². The maximum absolute atomic E-state index is 11.6. The molecule has 1 fully saturated rings. The van der Waals surface area contributed by atoms with Crippen LogP contribution in [0.1, 0.15) is 17.3 Å². The largest absolute Gasteiger partial charge is 0.378 e. The number of allylic oxidation sites excluding steroid dienone is 2. The van der Waals surface area contributed by atoms with Crippen LogP contribution in [0.2, 0.25) is 0 Å². The number of carbonyl (C=O) groups excluding carboxylic acids is 1. The molecule has 0 amide bonds. The predicted molar refractivity (Wildman–Crippen MR) is 68.6 cm³/mol. The van der Waals surface area contributed by atoms with Gasteiger partial charge in [0.1, 0.15) is 0 Å². The zero-order valence-electron chi connectivity index (χ0n) is 10.1. The van der Waals surface area contributed by atoms with E-state index in [0.717, 1.165) is 37.6 Å². The van der Waals surface area contributed by atoms with Gasteiger partial charge in [0.25, 0.3) is 0 Å². The van der Waals surface area contributed by atoms with Crippen molar-refractivity contribution in [2.75, 3.05) is 31.2 Å². The number of hydrogen-bond acceptors (Lipinski definition) is 3. The average Bonchev–Trinajstić information content (AvgIpc) is 2.40. The van der Waals surface area contributed by atoms with Crippen LogP contribution in [-0.2, 0) is 4.74 Å². The van der Waals surface area contributed by atoms with Gasteiger partial charge in [0.15, 0.2) is 5.78 Å². The maximum Gasteiger partial charge on any atom is 0.185 e. The molecule has 0 aromatic heterocycles. The standard InChI is InChI=1S/C14H17NO2/c1-2-3-14(16)12-4-6-13(7-5-12)15-8-10-17-11-9-15/h2-7H,8-11H2,1H3/b3-2+. The first-order chi connectivity index (χ1) is 8.31. The third kappa shape index (κ3) is 2.94. The quantitative estimate of drug-likeness (QED) is 0.590. The summed E-state index contributed by atoms with van der Waals surface area (Å²) < 4.78 is 5.31. The van der Waals surface area contributed by atoms with Crippen molar-refractivity contribution in [1.29, 1.82) is 0 Å². The summed E-state index contributed by atoms with van der Waals surface area (Å²) in [6.45, 7) is 5.24. The number of benzene rings is 1. The lowest BCUT2D eigenvalue weighted by atomic mass is 10.1.